The van der Waals surface area contributed by atoms with Gasteiger partial charge in [0.25, 0.3) is 53.2 Å². The molecule has 12 N–H and O–H groups in total. The number of aryl methyl sites for hydroxylation is 4. The molecular weight excluding hydrogens is 1850 g/mol. The summed E-state index contributed by atoms with van der Waals surface area (Å²) in [5.41, 5.74) is 3.48. The number of halogens is 2. The number of nitrogens with zero attached hydrogens (tertiary/aromatic N) is 12. The van der Waals surface area contributed by atoms with Crippen LogP contribution in [0.2, 0.25) is 0 Å². The number of piperidine rings is 1. The van der Waals surface area contributed by atoms with Gasteiger partial charge in [0.05, 0.1) is 48.5 Å². The zero-order valence-electron chi connectivity index (χ0n) is 84.9. The number of nitrogens with one attached hydrogen (secondary N) is 8. The van der Waals surface area contributed by atoms with Crippen LogP contribution in [-0.4, -0.2) is 256 Å². The molecule has 32 nitrogen and oxygen atoms in total. The summed E-state index contributed by atoms with van der Waals surface area (Å²) >= 11 is 4.58. The van der Waals surface area contributed by atoms with Crippen molar-refractivity contribution in [1.29, 1.82) is 0 Å². The minimum absolute atomic E-state index is 0.0146. The summed E-state index contributed by atoms with van der Waals surface area (Å²) in [5.74, 6) is -2.11. The zero-order chi connectivity index (χ0) is 102. The molecule has 6 fully saturated rings. The van der Waals surface area contributed by atoms with Gasteiger partial charge in [-0.25, -0.2) is 48.7 Å². The monoisotopic (exact) mass is 2000 g/mol. The molecule has 758 valence electrons. The summed E-state index contributed by atoms with van der Waals surface area (Å²) in [6.07, 6.45) is 21.4. The van der Waals surface area contributed by atoms with Gasteiger partial charge in [0, 0.05) is 148 Å². The number of aromatic nitrogens is 8. The Labute approximate surface area is 832 Å². The van der Waals surface area contributed by atoms with Gasteiger partial charge in [-0.05, 0) is 280 Å². The van der Waals surface area contributed by atoms with Crippen molar-refractivity contribution < 1.29 is 67.6 Å². The number of carbonyl (C=O) groups excluding carboxylic acids is 8. The van der Waals surface area contributed by atoms with E-state index in [0.29, 0.717) is 79.9 Å². The second-order valence-corrected chi connectivity index (χ2v) is 46.0. The first-order valence-corrected chi connectivity index (χ1v) is 51.9. The second kappa shape index (κ2) is 45.4. The largest absolute Gasteiger partial charge is 0.389 e. The maximum absolute atomic E-state index is 14.1. The molecule has 0 radical (unpaired) electrons. The molecule has 4 aliphatic heterocycles. The van der Waals surface area contributed by atoms with Gasteiger partial charge < -0.3 is 82.6 Å². The predicted octanol–water partition coefficient (Wildman–Crippen LogP) is 16.8. The van der Waals surface area contributed by atoms with Crippen LogP contribution in [0.4, 0.5) is 32.1 Å². The number of aliphatic hydroxyl groups is 4. The lowest BCUT2D eigenvalue weighted by Gasteiger charge is -2.38. The SMILES string of the molecule is CC[C@@H](C)Nc1cc(C)c(-c2sc(C(=O)NCC(C)(C)O)nc2C(=O)N2CCCC[C@@H]2C)cn1.CC[C@@H](C)Nc1cc(C)c(-c2sc(C(=O)NCC(C)(C)O)nc2C(=O)N2CCC[C@@H]2C)cn1.Cc1cc(NC(C)(C)C2CC2)ncc1-c1sc(C(=O)NCC(C)(C)O)nc1C(=O)N1CCC[C@@H]1C.Cc1cc(NCC2(C)CCC2)ncc1-c1sc(C(=O)NCC(C)(C)O)nc1C(=O)N1CC(F)(F)C[C@@H]1C. The maximum Gasteiger partial charge on any atom is 0.280 e. The average molecular weight is 2000 g/mol. The third kappa shape index (κ3) is 29.3. The van der Waals surface area contributed by atoms with Gasteiger partial charge in [0.2, 0.25) is 0 Å². The standard InChI is InChI=1S/C26H35F2N5O3S.C26H37N5O3S.C25H37N5O3S.C24H35N5O3S/c1-15-9-18(30-13-25(5)7-6-8-25)29-11-17(15)20-19(23(35)33-14-26(27,28)10-16(33)2)32-22(37-20)21(34)31-12-24(3,4)36;1-15-12-19(30-26(5,6)17-9-10-17)27-13-18(15)21-20(24(33)31-11-7-8-16(31)2)29-23(35-21)22(32)28-14-25(3,4)34;1-7-16(3)28-19-12-15(2)18(13-26-19)21-20(24(32)30-11-9-8-10-17(30)4)29-23(34-21)22(31)27-14-25(5,6)33;1-7-15(3)27-18-11-14(2)17(12-25-18)20-19(23(31)29-10-8-9-16(29)4)28-22(33-20)21(30)26-13-24(5,6)32/h9,11,16,36H,6-8,10,12-14H2,1-5H3,(H,29,30)(H,31,34);12-13,16-17,34H,7-11,14H2,1-6H3,(H,27,30)(H,28,32);12-13,16-17,33H,7-11,14H2,1-6H3,(H,26,28)(H,27,31);11-12,15-16,32H,7-10,13H2,1-6H3,(H,25,27)(H,26,30)/t2*16-;16-,17+;15-,16+/m0011/s1. The lowest BCUT2D eigenvalue weighted by atomic mass is 9.70. The molecule has 12 heterocycles. The highest BCUT2D eigenvalue weighted by Crippen LogP contribution is 2.46. The van der Waals surface area contributed by atoms with Crippen molar-refractivity contribution in [3.05, 3.63) is 114 Å². The third-order valence-corrected chi connectivity index (χ3v) is 30.4. The first kappa shape index (κ1) is 109. The molecule has 8 aromatic heterocycles. The summed E-state index contributed by atoms with van der Waals surface area (Å²) in [7, 11) is 0. The number of anilines is 4. The van der Waals surface area contributed by atoms with E-state index in [0.717, 1.165) is 137 Å². The zero-order valence-corrected chi connectivity index (χ0v) is 88.2. The fraction of sp³-hybridized carbons (Fsp3) is 0.604. The lowest BCUT2D eigenvalue weighted by Crippen LogP contribution is -2.42. The van der Waals surface area contributed by atoms with E-state index < -0.39 is 76.9 Å². The van der Waals surface area contributed by atoms with E-state index in [-0.39, 0.29) is 104 Å². The Hall–Kier alpha value is -10.2. The molecule has 4 saturated heterocycles. The van der Waals surface area contributed by atoms with E-state index in [1.54, 1.807) is 87.1 Å². The van der Waals surface area contributed by atoms with Gasteiger partial charge in [0.15, 0.2) is 20.0 Å². The molecule has 8 amide bonds. The van der Waals surface area contributed by atoms with E-state index in [4.69, 9.17) is 0 Å². The molecule has 6 atom stereocenters. The van der Waals surface area contributed by atoms with E-state index in [9.17, 15) is 67.6 Å². The Morgan fingerprint density at radius 3 is 1.01 bits per heavy atom. The van der Waals surface area contributed by atoms with Crippen LogP contribution in [0, 0.1) is 39.0 Å². The summed E-state index contributed by atoms with van der Waals surface area (Å²) in [4.78, 5) is 150. The first-order chi connectivity index (χ1) is 65.0. The van der Waals surface area contributed by atoms with Crippen molar-refractivity contribution in [2.24, 2.45) is 11.3 Å². The smallest absolute Gasteiger partial charge is 0.280 e. The van der Waals surface area contributed by atoms with Crippen LogP contribution in [0.25, 0.3) is 41.8 Å². The number of pyridine rings is 4. The quantitative estimate of drug-likeness (QED) is 0.0186. The molecular formula is C101H144F2N20O12S4. The highest BCUT2D eigenvalue weighted by atomic mass is 32.1. The van der Waals surface area contributed by atoms with Crippen LogP contribution in [0.5, 0.6) is 0 Å². The number of alkyl halides is 2. The van der Waals surface area contributed by atoms with E-state index in [2.05, 4.69) is 138 Å². The van der Waals surface area contributed by atoms with Crippen LogP contribution >= 0.6 is 45.3 Å². The predicted molar refractivity (Wildman–Crippen MR) is 546 cm³/mol. The Kier molecular flexibility index (Phi) is 35.6. The van der Waals surface area contributed by atoms with Gasteiger partial charge in [-0.1, -0.05) is 27.2 Å². The Balaban J connectivity index is 0.000000178. The van der Waals surface area contributed by atoms with Gasteiger partial charge in [-0.2, -0.15) is 0 Å². The molecule has 139 heavy (non-hydrogen) atoms. The Bertz CT molecular complexity index is 5720. The number of rotatable bonds is 32. The maximum atomic E-state index is 14.1. The van der Waals surface area contributed by atoms with Crippen LogP contribution in [0.1, 0.15) is 331 Å². The molecule has 0 bridgehead atoms. The highest BCUT2D eigenvalue weighted by Gasteiger charge is 2.47. The van der Waals surface area contributed by atoms with Gasteiger partial charge >= 0.3 is 0 Å². The number of hydrogen-bond donors (Lipinski definition) is 12. The van der Waals surface area contributed by atoms with Crippen molar-refractivity contribution in [3.8, 4) is 41.8 Å². The van der Waals surface area contributed by atoms with Crippen LogP contribution in [0.15, 0.2) is 49.1 Å². The number of hydrogen-bond acceptors (Lipinski definition) is 28. The second-order valence-electron chi connectivity index (χ2n) is 42.0. The fourth-order valence-electron chi connectivity index (χ4n) is 16.9. The molecule has 6 aliphatic rings. The molecule has 0 aromatic carbocycles. The molecule has 0 unspecified atom stereocenters. The van der Waals surface area contributed by atoms with Crippen molar-refractivity contribution in [2.75, 3.05) is 80.2 Å². The Morgan fingerprint density at radius 1 is 0.432 bits per heavy atom. The van der Waals surface area contributed by atoms with Crippen LogP contribution in [-0.2, 0) is 0 Å². The Morgan fingerprint density at radius 2 is 0.734 bits per heavy atom. The van der Waals surface area contributed by atoms with E-state index in [1.807, 2.05) is 80.5 Å². The number of carbonyl (C=O) groups is 8. The van der Waals surface area contributed by atoms with Crippen molar-refractivity contribution in [3.63, 3.8) is 0 Å². The molecule has 8 aromatic rings. The average Bonchev–Trinajstić information content (AvgIpc) is 1.62. The van der Waals surface area contributed by atoms with E-state index in [1.165, 1.54) is 66.1 Å². The molecule has 0 spiro atoms. The molecule has 38 heteroatoms. The summed E-state index contributed by atoms with van der Waals surface area (Å²) in [6.45, 7) is 45.9. The summed E-state index contributed by atoms with van der Waals surface area (Å²) in [5, 5.41) is 64.9. The highest BCUT2D eigenvalue weighted by molar-refractivity contribution is 7.18. The van der Waals surface area contributed by atoms with E-state index >= 15 is 0 Å². The van der Waals surface area contributed by atoms with Gasteiger partial charge in [-0.3, -0.25) is 38.4 Å². The van der Waals surface area contributed by atoms with Gasteiger partial charge in [0.1, 0.15) is 46.0 Å². The summed E-state index contributed by atoms with van der Waals surface area (Å²) < 4.78 is 28.1. The topological polar surface area (TPSA) is 430 Å². The van der Waals surface area contributed by atoms with Crippen molar-refractivity contribution in [2.45, 2.75) is 326 Å². The number of amides is 8. The lowest BCUT2D eigenvalue weighted by molar-refractivity contribution is 0.0117. The third-order valence-electron chi connectivity index (χ3n) is 26.0. The minimum atomic E-state index is -2.97. The minimum Gasteiger partial charge on any atom is -0.389 e. The van der Waals surface area contributed by atoms with Crippen molar-refractivity contribution in [1.82, 2.24) is 80.7 Å². The fourth-order valence-corrected chi connectivity index (χ4v) is 21.1. The number of likely N-dealkylation sites (tertiary alicyclic amines) is 4. The molecule has 2 saturated carbocycles. The molecule has 2 aliphatic carbocycles. The normalized spacial score (nSPS) is 18.5. The summed E-state index contributed by atoms with van der Waals surface area (Å²) in [6, 6.07) is 8.14. The van der Waals surface area contributed by atoms with Crippen molar-refractivity contribution >= 4 is 116 Å². The molecule has 14 rings (SSSR count). The van der Waals surface area contributed by atoms with Gasteiger partial charge in [-0.15, -0.1) is 45.3 Å². The first-order valence-electron chi connectivity index (χ1n) is 48.6. The van der Waals surface area contributed by atoms with Crippen LogP contribution in [0.3, 0.4) is 0 Å². The number of thiazole rings is 4. The van der Waals surface area contributed by atoms with Crippen LogP contribution < -0.4 is 42.5 Å².